The Balaban J connectivity index is 3.76. The lowest BCUT2D eigenvalue weighted by molar-refractivity contribution is -0.120. The third-order valence-corrected chi connectivity index (χ3v) is 2.43. The fourth-order valence-electron chi connectivity index (χ4n) is 1.74. The van der Waals surface area contributed by atoms with Crippen LogP contribution in [0.3, 0.4) is 0 Å². The van der Waals surface area contributed by atoms with E-state index in [0.29, 0.717) is 43.4 Å². The first-order valence-electron chi connectivity index (χ1n) is 5.75. The minimum Gasteiger partial charge on any atom is -0.330 e. The van der Waals surface area contributed by atoms with Crippen molar-refractivity contribution < 1.29 is 4.79 Å². The number of ketones is 1. The van der Waals surface area contributed by atoms with Crippen LogP contribution in [0.1, 0.15) is 46.0 Å². The minimum absolute atomic E-state index is 0.307. The molecule has 0 rings (SSSR count). The molecule has 0 aromatic rings. The summed E-state index contributed by atoms with van der Waals surface area (Å²) in [5.74, 6) is 3.81. The SMILES string of the molecule is C#CCCCC(=O)CC(CN)CC(C)C. The van der Waals surface area contributed by atoms with Crippen molar-refractivity contribution in [3.8, 4) is 12.3 Å². The standard InChI is InChI=1S/C13H23NO/c1-4-5-6-7-13(15)9-12(10-14)8-11(2)3/h1,11-12H,5-10,14H2,2-3H3. The smallest absolute Gasteiger partial charge is 0.133 e. The van der Waals surface area contributed by atoms with Gasteiger partial charge < -0.3 is 5.73 Å². The Labute approximate surface area is 93.6 Å². The Bertz CT molecular complexity index is 215. The molecular weight excluding hydrogens is 186 g/mol. The van der Waals surface area contributed by atoms with Gasteiger partial charge >= 0.3 is 0 Å². The van der Waals surface area contributed by atoms with Gasteiger partial charge in [-0.15, -0.1) is 12.3 Å². The van der Waals surface area contributed by atoms with E-state index in [4.69, 9.17) is 12.2 Å². The second-order valence-electron chi connectivity index (χ2n) is 4.53. The summed E-state index contributed by atoms with van der Waals surface area (Å²) in [5, 5.41) is 0. The van der Waals surface area contributed by atoms with Gasteiger partial charge in [-0.2, -0.15) is 0 Å². The zero-order chi connectivity index (χ0) is 11.7. The van der Waals surface area contributed by atoms with Crippen LogP contribution >= 0.6 is 0 Å². The molecule has 2 heteroatoms. The van der Waals surface area contributed by atoms with Crippen molar-refractivity contribution in [3.63, 3.8) is 0 Å². The molecule has 2 nitrogen and oxygen atoms in total. The van der Waals surface area contributed by atoms with Gasteiger partial charge in [0.15, 0.2) is 0 Å². The van der Waals surface area contributed by atoms with Crippen LogP contribution in [0.5, 0.6) is 0 Å². The van der Waals surface area contributed by atoms with Crippen LogP contribution < -0.4 is 5.73 Å². The predicted octanol–water partition coefficient (Wildman–Crippen LogP) is 2.37. The number of Topliss-reactive ketones (excluding diaryl/α,β-unsaturated/α-hetero) is 1. The fraction of sp³-hybridized carbons (Fsp3) is 0.769. The maximum Gasteiger partial charge on any atom is 0.133 e. The average molecular weight is 209 g/mol. The number of unbranched alkanes of at least 4 members (excludes halogenated alkanes) is 1. The van der Waals surface area contributed by atoms with Crippen molar-refractivity contribution >= 4 is 5.78 Å². The highest BCUT2D eigenvalue weighted by Gasteiger charge is 2.13. The van der Waals surface area contributed by atoms with Gasteiger partial charge in [-0.3, -0.25) is 4.79 Å². The summed E-state index contributed by atoms with van der Waals surface area (Å²) < 4.78 is 0. The summed E-state index contributed by atoms with van der Waals surface area (Å²) >= 11 is 0. The van der Waals surface area contributed by atoms with E-state index >= 15 is 0 Å². The minimum atomic E-state index is 0.307. The Morgan fingerprint density at radius 3 is 2.60 bits per heavy atom. The van der Waals surface area contributed by atoms with Gasteiger partial charge in [-0.25, -0.2) is 0 Å². The Morgan fingerprint density at radius 2 is 2.13 bits per heavy atom. The van der Waals surface area contributed by atoms with Crippen LogP contribution in [0.4, 0.5) is 0 Å². The second kappa shape index (κ2) is 8.49. The first-order chi connectivity index (χ1) is 7.10. The van der Waals surface area contributed by atoms with E-state index in [1.54, 1.807) is 0 Å². The van der Waals surface area contributed by atoms with Crippen LogP contribution in [0.15, 0.2) is 0 Å². The Morgan fingerprint density at radius 1 is 1.47 bits per heavy atom. The molecule has 0 radical (unpaired) electrons. The van der Waals surface area contributed by atoms with Crippen molar-refractivity contribution in [1.82, 2.24) is 0 Å². The molecule has 0 aliphatic rings. The number of terminal acetylenes is 1. The zero-order valence-electron chi connectivity index (χ0n) is 9.96. The molecule has 0 aliphatic heterocycles. The topological polar surface area (TPSA) is 43.1 Å². The lowest BCUT2D eigenvalue weighted by atomic mass is 9.91. The summed E-state index contributed by atoms with van der Waals surface area (Å²) in [6, 6.07) is 0. The largest absolute Gasteiger partial charge is 0.330 e. The number of carbonyl (C=O) groups excluding carboxylic acids is 1. The van der Waals surface area contributed by atoms with Crippen molar-refractivity contribution in [2.24, 2.45) is 17.6 Å². The average Bonchev–Trinajstić information content (AvgIpc) is 2.16. The van der Waals surface area contributed by atoms with E-state index in [-0.39, 0.29) is 0 Å². The van der Waals surface area contributed by atoms with E-state index in [0.717, 1.165) is 12.8 Å². The highest BCUT2D eigenvalue weighted by molar-refractivity contribution is 5.78. The number of hydrogen-bond donors (Lipinski definition) is 1. The van der Waals surface area contributed by atoms with Crippen LogP contribution in [0, 0.1) is 24.2 Å². The van der Waals surface area contributed by atoms with Crippen LogP contribution in [0.25, 0.3) is 0 Å². The molecular formula is C13H23NO. The first-order valence-corrected chi connectivity index (χ1v) is 5.75. The molecule has 1 unspecified atom stereocenters. The molecule has 0 spiro atoms. The molecule has 0 aromatic heterocycles. The second-order valence-corrected chi connectivity index (χ2v) is 4.53. The fourth-order valence-corrected chi connectivity index (χ4v) is 1.74. The van der Waals surface area contributed by atoms with E-state index in [1.165, 1.54) is 0 Å². The predicted molar refractivity (Wildman–Crippen MR) is 64.3 cm³/mol. The summed E-state index contributed by atoms with van der Waals surface area (Å²) in [6.07, 6.45) is 8.91. The maximum absolute atomic E-state index is 11.5. The highest BCUT2D eigenvalue weighted by atomic mass is 16.1. The first kappa shape index (κ1) is 14.2. The van der Waals surface area contributed by atoms with E-state index in [2.05, 4.69) is 19.8 Å². The number of nitrogens with two attached hydrogens (primary N) is 1. The summed E-state index contributed by atoms with van der Waals surface area (Å²) in [4.78, 5) is 11.5. The molecule has 0 fully saturated rings. The zero-order valence-corrected chi connectivity index (χ0v) is 9.96. The molecule has 1 atom stereocenters. The normalized spacial score (nSPS) is 12.5. The molecule has 0 aliphatic carbocycles. The third kappa shape index (κ3) is 8.20. The molecule has 2 N–H and O–H groups in total. The van der Waals surface area contributed by atoms with Crippen LogP contribution in [-0.2, 0) is 4.79 Å². The van der Waals surface area contributed by atoms with Gasteiger partial charge in [0.1, 0.15) is 5.78 Å². The van der Waals surface area contributed by atoms with Gasteiger partial charge in [-0.1, -0.05) is 13.8 Å². The van der Waals surface area contributed by atoms with E-state index in [9.17, 15) is 4.79 Å². The van der Waals surface area contributed by atoms with Gasteiger partial charge in [-0.05, 0) is 31.2 Å². The van der Waals surface area contributed by atoms with Gasteiger partial charge in [0.2, 0.25) is 0 Å². The Hall–Kier alpha value is -0.810. The van der Waals surface area contributed by atoms with Gasteiger partial charge in [0.05, 0.1) is 0 Å². The van der Waals surface area contributed by atoms with Crippen LogP contribution in [0.2, 0.25) is 0 Å². The van der Waals surface area contributed by atoms with Crippen molar-refractivity contribution in [2.45, 2.75) is 46.0 Å². The van der Waals surface area contributed by atoms with Crippen molar-refractivity contribution in [3.05, 3.63) is 0 Å². The van der Waals surface area contributed by atoms with Crippen molar-refractivity contribution in [2.75, 3.05) is 6.54 Å². The summed E-state index contributed by atoms with van der Waals surface area (Å²) in [6.45, 7) is 4.93. The highest BCUT2D eigenvalue weighted by Crippen LogP contribution is 2.15. The molecule has 15 heavy (non-hydrogen) atoms. The monoisotopic (exact) mass is 209 g/mol. The molecule has 0 aromatic carbocycles. The summed E-state index contributed by atoms with van der Waals surface area (Å²) in [7, 11) is 0. The molecule has 0 saturated carbocycles. The van der Waals surface area contributed by atoms with Crippen LogP contribution in [-0.4, -0.2) is 12.3 Å². The Kier molecular flexibility index (Phi) is 8.04. The van der Waals surface area contributed by atoms with Gasteiger partial charge in [0, 0.05) is 19.3 Å². The third-order valence-electron chi connectivity index (χ3n) is 2.43. The number of hydrogen-bond acceptors (Lipinski definition) is 2. The maximum atomic E-state index is 11.5. The van der Waals surface area contributed by atoms with E-state index in [1.807, 2.05) is 0 Å². The van der Waals surface area contributed by atoms with Crippen molar-refractivity contribution in [1.29, 1.82) is 0 Å². The number of carbonyl (C=O) groups is 1. The molecule has 0 heterocycles. The quantitative estimate of drug-likeness (QED) is 0.492. The van der Waals surface area contributed by atoms with E-state index < -0.39 is 0 Å². The summed E-state index contributed by atoms with van der Waals surface area (Å²) in [5.41, 5.74) is 5.64. The molecule has 0 saturated heterocycles. The van der Waals surface area contributed by atoms with Gasteiger partial charge in [0.25, 0.3) is 0 Å². The lowest BCUT2D eigenvalue weighted by Gasteiger charge is -2.15. The molecule has 86 valence electrons. The lowest BCUT2D eigenvalue weighted by Crippen LogP contribution is -2.19. The molecule has 0 bridgehead atoms. The number of rotatable bonds is 8. The molecule has 0 amide bonds.